The summed E-state index contributed by atoms with van der Waals surface area (Å²) in [5.74, 6) is -0.0104. The van der Waals surface area contributed by atoms with Gasteiger partial charge in [0.15, 0.2) is 5.65 Å². The van der Waals surface area contributed by atoms with Crippen LogP contribution in [0.15, 0.2) is 18.3 Å². The number of hydrogen-bond acceptors (Lipinski definition) is 4. The Labute approximate surface area is 92.9 Å². The Balaban J connectivity index is 2.41. The minimum Gasteiger partial charge on any atom is -0.468 e. The molecule has 2 aromatic rings. The number of ether oxygens (including phenoxy) is 1. The van der Waals surface area contributed by atoms with Crippen molar-refractivity contribution in [3.8, 4) is 0 Å². The quantitative estimate of drug-likeness (QED) is 0.796. The van der Waals surface area contributed by atoms with Crippen LogP contribution < -0.4 is 0 Å². The predicted octanol–water partition coefficient (Wildman–Crippen LogP) is 1.62. The van der Waals surface area contributed by atoms with Crippen LogP contribution in [0.25, 0.3) is 11.2 Å². The summed E-state index contributed by atoms with van der Waals surface area (Å²) in [6, 6.07) is 3.70. The Morgan fingerprint density at radius 2 is 2.44 bits per heavy atom. The average Bonchev–Trinajstić information content (AvgIpc) is 2.72. The molecule has 0 radical (unpaired) electrons. The van der Waals surface area contributed by atoms with Crippen LogP contribution in [0.1, 0.15) is 25.1 Å². The van der Waals surface area contributed by atoms with E-state index in [0.717, 1.165) is 5.52 Å². The molecule has 5 heteroatoms. The Morgan fingerprint density at radius 3 is 3.06 bits per heavy atom. The molecule has 2 heterocycles. The Bertz CT molecular complexity index is 474. The summed E-state index contributed by atoms with van der Waals surface area (Å²) < 4.78 is 4.73. The van der Waals surface area contributed by atoms with Crippen LogP contribution in [0.2, 0.25) is 0 Å². The highest BCUT2D eigenvalue weighted by molar-refractivity contribution is 5.79. The van der Waals surface area contributed by atoms with Crippen molar-refractivity contribution in [2.75, 3.05) is 7.11 Å². The van der Waals surface area contributed by atoms with Crippen molar-refractivity contribution in [1.29, 1.82) is 0 Å². The molecule has 84 valence electrons. The number of H-pyrrole nitrogens is 1. The number of carbonyl (C=O) groups excluding carboxylic acids is 1. The van der Waals surface area contributed by atoms with Gasteiger partial charge in [-0.2, -0.15) is 0 Å². The number of fused-ring (bicyclic) bond motifs is 1. The van der Waals surface area contributed by atoms with E-state index in [1.807, 2.05) is 19.1 Å². The second-order valence-electron chi connectivity index (χ2n) is 3.48. The van der Waals surface area contributed by atoms with Crippen LogP contribution in [-0.4, -0.2) is 28.0 Å². The van der Waals surface area contributed by atoms with Gasteiger partial charge in [0.25, 0.3) is 0 Å². The van der Waals surface area contributed by atoms with Gasteiger partial charge in [0.1, 0.15) is 11.7 Å². The van der Waals surface area contributed by atoms with Gasteiger partial charge in [-0.25, -0.2) is 9.97 Å². The van der Waals surface area contributed by atoms with Crippen molar-refractivity contribution in [2.45, 2.75) is 19.3 Å². The van der Waals surface area contributed by atoms with Gasteiger partial charge in [0.2, 0.25) is 0 Å². The smallest absolute Gasteiger partial charge is 0.316 e. The van der Waals surface area contributed by atoms with Crippen LogP contribution in [-0.2, 0) is 9.53 Å². The average molecular weight is 219 g/mol. The Morgan fingerprint density at radius 1 is 1.62 bits per heavy atom. The molecule has 1 unspecified atom stereocenters. The molecule has 0 fully saturated rings. The minimum atomic E-state index is -0.348. The third-order valence-corrected chi connectivity index (χ3v) is 2.50. The zero-order valence-corrected chi connectivity index (χ0v) is 9.23. The fourth-order valence-corrected chi connectivity index (χ4v) is 1.64. The first-order valence-corrected chi connectivity index (χ1v) is 5.14. The van der Waals surface area contributed by atoms with Gasteiger partial charge in [-0.3, -0.25) is 4.79 Å². The molecule has 0 amide bonds. The Hall–Kier alpha value is -1.91. The molecule has 16 heavy (non-hydrogen) atoms. The van der Waals surface area contributed by atoms with Crippen LogP contribution in [0.4, 0.5) is 0 Å². The zero-order valence-electron chi connectivity index (χ0n) is 9.23. The zero-order chi connectivity index (χ0) is 11.5. The van der Waals surface area contributed by atoms with Crippen molar-refractivity contribution in [2.24, 2.45) is 0 Å². The highest BCUT2D eigenvalue weighted by Gasteiger charge is 2.22. The van der Waals surface area contributed by atoms with Gasteiger partial charge in [0.05, 0.1) is 12.6 Å². The van der Waals surface area contributed by atoms with E-state index in [2.05, 4.69) is 15.0 Å². The molecule has 1 atom stereocenters. The molecule has 0 aliphatic carbocycles. The van der Waals surface area contributed by atoms with Crippen LogP contribution in [0.3, 0.4) is 0 Å². The van der Waals surface area contributed by atoms with Gasteiger partial charge < -0.3 is 9.72 Å². The van der Waals surface area contributed by atoms with Gasteiger partial charge in [-0.05, 0) is 18.6 Å². The maximum Gasteiger partial charge on any atom is 0.316 e. The van der Waals surface area contributed by atoms with Crippen molar-refractivity contribution in [1.82, 2.24) is 15.0 Å². The second-order valence-corrected chi connectivity index (χ2v) is 3.48. The normalized spacial score (nSPS) is 12.6. The lowest BCUT2D eigenvalue weighted by molar-refractivity contribution is -0.142. The van der Waals surface area contributed by atoms with E-state index >= 15 is 0 Å². The molecule has 5 nitrogen and oxygen atoms in total. The number of carbonyl (C=O) groups is 1. The van der Waals surface area contributed by atoms with Crippen LogP contribution >= 0.6 is 0 Å². The number of rotatable bonds is 3. The molecule has 2 aromatic heterocycles. The molecule has 0 aliphatic rings. The van der Waals surface area contributed by atoms with E-state index in [0.29, 0.717) is 17.9 Å². The number of aromatic nitrogens is 3. The van der Waals surface area contributed by atoms with Crippen molar-refractivity contribution in [3.63, 3.8) is 0 Å². The lowest BCUT2D eigenvalue weighted by Gasteiger charge is -2.08. The van der Waals surface area contributed by atoms with E-state index in [-0.39, 0.29) is 11.9 Å². The molecular weight excluding hydrogens is 206 g/mol. The third-order valence-electron chi connectivity index (χ3n) is 2.50. The van der Waals surface area contributed by atoms with E-state index in [1.165, 1.54) is 7.11 Å². The largest absolute Gasteiger partial charge is 0.468 e. The molecule has 0 aliphatic heterocycles. The monoisotopic (exact) mass is 219 g/mol. The van der Waals surface area contributed by atoms with E-state index in [4.69, 9.17) is 4.74 Å². The molecule has 1 N–H and O–H groups in total. The van der Waals surface area contributed by atoms with Crippen molar-refractivity contribution < 1.29 is 9.53 Å². The predicted molar refractivity (Wildman–Crippen MR) is 58.9 cm³/mol. The van der Waals surface area contributed by atoms with Crippen molar-refractivity contribution >= 4 is 17.1 Å². The molecule has 0 aromatic carbocycles. The third kappa shape index (κ3) is 1.76. The first-order chi connectivity index (χ1) is 7.76. The van der Waals surface area contributed by atoms with E-state index < -0.39 is 0 Å². The maximum atomic E-state index is 11.5. The van der Waals surface area contributed by atoms with Gasteiger partial charge in [-0.15, -0.1) is 0 Å². The summed E-state index contributed by atoms with van der Waals surface area (Å²) in [5.41, 5.74) is 1.46. The van der Waals surface area contributed by atoms with Crippen LogP contribution in [0, 0.1) is 0 Å². The Kier molecular flexibility index (Phi) is 2.85. The second kappa shape index (κ2) is 4.30. The number of imidazole rings is 1. The van der Waals surface area contributed by atoms with E-state index in [1.54, 1.807) is 6.20 Å². The highest BCUT2D eigenvalue weighted by Crippen LogP contribution is 2.20. The van der Waals surface area contributed by atoms with Gasteiger partial charge in [0, 0.05) is 6.20 Å². The molecule has 0 spiro atoms. The fraction of sp³-hybridized carbons (Fsp3) is 0.364. The first-order valence-electron chi connectivity index (χ1n) is 5.14. The lowest BCUT2D eigenvalue weighted by atomic mass is 10.1. The van der Waals surface area contributed by atoms with Gasteiger partial charge in [-0.1, -0.05) is 6.92 Å². The SMILES string of the molecule is CCC(C(=O)OC)c1nc2ncccc2[nH]1. The maximum absolute atomic E-state index is 11.5. The molecule has 2 rings (SSSR count). The number of esters is 1. The molecule has 0 bridgehead atoms. The number of pyridine rings is 1. The number of aromatic amines is 1. The van der Waals surface area contributed by atoms with Crippen LogP contribution in [0.5, 0.6) is 0 Å². The number of nitrogens with one attached hydrogen (secondary N) is 1. The van der Waals surface area contributed by atoms with Gasteiger partial charge >= 0.3 is 5.97 Å². The topological polar surface area (TPSA) is 67.9 Å². The molecular formula is C11H13N3O2. The number of methoxy groups -OCH3 is 1. The fourth-order valence-electron chi connectivity index (χ4n) is 1.64. The summed E-state index contributed by atoms with van der Waals surface area (Å²) in [6.07, 6.45) is 2.32. The minimum absolute atomic E-state index is 0.276. The first kappa shape index (κ1) is 10.6. The number of hydrogen-bond donors (Lipinski definition) is 1. The summed E-state index contributed by atoms with van der Waals surface area (Å²) in [5, 5.41) is 0. The van der Waals surface area contributed by atoms with E-state index in [9.17, 15) is 4.79 Å². The van der Waals surface area contributed by atoms with Crippen molar-refractivity contribution in [3.05, 3.63) is 24.2 Å². The summed E-state index contributed by atoms with van der Waals surface area (Å²) in [4.78, 5) is 23.0. The number of nitrogens with zero attached hydrogens (tertiary/aromatic N) is 2. The molecule has 0 saturated carbocycles. The summed E-state index contributed by atoms with van der Waals surface area (Å²) in [6.45, 7) is 1.92. The highest BCUT2D eigenvalue weighted by atomic mass is 16.5. The summed E-state index contributed by atoms with van der Waals surface area (Å²) >= 11 is 0. The molecule has 0 saturated heterocycles. The summed E-state index contributed by atoms with van der Waals surface area (Å²) in [7, 11) is 1.38. The lowest BCUT2D eigenvalue weighted by Crippen LogP contribution is -2.14. The standard InChI is InChI=1S/C11H13N3O2/c1-3-7(11(15)16-2)9-13-8-5-4-6-12-10(8)14-9/h4-7H,3H2,1-2H3,(H,12,13,14).